The molecule has 1 saturated heterocycles. The summed E-state index contributed by atoms with van der Waals surface area (Å²) in [4.78, 5) is 27.9. The molecule has 0 aromatic rings. The second-order valence-corrected chi connectivity index (χ2v) is 7.57. The van der Waals surface area contributed by atoms with Gasteiger partial charge in [0, 0.05) is 13.1 Å². The minimum atomic E-state index is -0.798. The quantitative estimate of drug-likeness (QED) is 0.708. The van der Waals surface area contributed by atoms with Gasteiger partial charge in [0.2, 0.25) is 5.91 Å². The number of rotatable bonds is 9. The van der Waals surface area contributed by atoms with Crippen molar-refractivity contribution in [2.75, 3.05) is 26.2 Å². The number of nitrogens with zero attached hydrogens (tertiary/aromatic N) is 2. The lowest BCUT2D eigenvalue weighted by Gasteiger charge is -2.34. The van der Waals surface area contributed by atoms with E-state index in [1.165, 1.54) is 0 Å². The van der Waals surface area contributed by atoms with Crippen molar-refractivity contribution in [1.82, 2.24) is 9.80 Å². The van der Waals surface area contributed by atoms with Crippen LogP contribution in [0.25, 0.3) is 0 Å². The summed E-state index contributed by atoms with van der Waals surface area (Å²) in [5.74, 6) is 0.407. The van der Waals surface area contributed by atoms with Crippen LogP contribution in [0.4, 0.5) is 0 Å². The molecule has 23 heavy (non-hydrogen) atoms. The molecule has 0 radical (unpaired) electrons. The number of piperidine rings is 1. The summed E-state index contributed by atoms with van der Waals surface area (Å²) < 4.78 is 0. The fraction of sp³-hybridized carbons (Fsp3) is 0.889. The molecule has 1 fully saturated rings. The number of hydrogen-bond donors (Lipinski definition) is 1. The molecular formula is C18H34N2O3. The third-order valence-corrected chi connectivity index (χ3v) is 4.54. The van der Waals surface area contributed by atoms with Gasteiger partial charge in [0.15, 0.2) is 0 Å². The van der Waals surface area contributed by atoms with Crippen molar-refractivity contribution < 1.29 is 14.7 Å². The van der Waals surface area contributed by atoms with Gasteiger partial charge >= 0.3 is 5.97 Å². The van der Waals surface area contributed by atoms with Crippen LogP contribution in [0.5, 0.6) is 0 Å². The second-order valence-electron chi connectivity index (χ2n) is 7.57. The predicted octanol–water partition coefficient (Wildman–Crippen LogP) is 2.85. The van der Waals surface area contributed by atoms with Crippen LogP contribution in [0.3, 0.4) is 0 Å². The summed E-state index contributed by atoms with van der Waals surface area (Å²) in [6, 6.07) is -0.496. The third kappa shape index (κ3) is 7.34. The lowest BCUT2D eigenvalue weighted by Crippen LogP contribution is -2.50. The third-order valence-electron chi connectivity index (χ3n) is 4.54. The number of carbonyl (C=O) groups excluding carboxylic acids is 1. The Morgan fingerprint density at radius 1 is 1.09 bits per heavy atom. The summed E-state index contributed by atoms with van der Waals surface area (Å²) in [6.07, 6.45) is 4.56. The van der Waals surface area contributed by atoms with E-state index in [1.54, 1.807) is 0 Å². The summed E-state index contributed by atoms with van der Waals surface area (Å²) in [5.41, 5.74) is 0. The summed E-state index contributed by atoms with van der Waals surface area (Å²) in [6.45, 7) is 11.2. The highest BCUT2D eigenvalue weighted by Crippen LogP contribution is 2.17. The molecule has 0 spiro atoms. The number of carbonyl (C=O) groups is 2. The molecule has 0 saturated carbocycles. The van der Waals surface area contributed by atoms with Gasteiger partial charge in [-0.15, -0.1) is 0 Å². The van der Waals surface area contributed by atoms with Crippen LogP contribution in [-0.2, 0) is 9.59 Å². The largest absolute Gasteiger partial charge is 0.480 e. The van der Waals surface area contributed by atoms with E-state index in [4.69, 9.17) is 0 Å². The summed E-state index contributed by atoms with van der Waals surface area (Å²) in [5, 5.41) is 9.35. The van der Waals surface area contributed by atoms with E-state index in [1.807, 2.05) is 9.80 Å². The van der Waals surface area contributed by atoms with E-state index < -0.39 is 12.0 Å². The van der Waals surface area contributed by atoms with Gasteiger partial charge in [-0.2, -0.15) is 0 Å². The first kappa shape index (κ1) is 19.9. The minimum Gasteiger partial charge on any atom is -0.480 e. The molecule has 1 rings (SSSR count). The second kappa shape index (κ2) is 9.91. The molecule has 1 aliphatic rings. The van der Waals surface area contributed by atoms with Gasteiger partial charge < -0.3 is 10.0 Å². The van der Waals surface area contributed by atoms with Crippen molar-refractivity contribution in [2.45, 2.75) is 65.8 Å². The summed E-state index contributed by atoms with van der Waals surface area (Å²) in [7, 11) is 0. The zero-order valence-electron chi connectivity index (χ0n) is 15.3. The Labute approximate surface area is 141 Å². The molecule has 1 unspecified atom stereocenters. The summed E-state index contributed by atoms with van der Waals surface area (Å²) >= 11 is 0. The van der Waals surface area contributed by atoms with Crippen molar-refractivity contribution in [2.24, 2.45) is 11.8 Å². The highest BCUT2D eigenvalue weighted by atomic mass is 16.4. The average molecular weight is 326 g/mol. The Hall–Kier alpha value is -1.10. The topological polar surface area (TPSA) is 60.9 Å². The minimum absolute atomic E-state index is 0.0828. The van der Waals surface area contributed by atoms with Crippen molar-refractivity contribution in [1.29, 1.82) is 0 Å². The molecular weight excluding hydrogens is 292 g/mol. The fourth-order valence-electron chi connectivity index (χ4n) is 2.92. The molecule has 0 aliphatic carbocycles. The van der Waals surface area contributed by atoms with Crippen molar-refractivity contribution >= 4 is 11.9 Å². The number of carboxylic acid groups (broad SMARTS) is 1. The molecule has 1 amide bonds. The van der Waals surface area contributed by atoms with E-state index in [0.717, 1.165) is 38.8 Å². The molecule has 134 valence electrons. The molecule has 1 aliphatic heterocycles. The number of amides is 1. The van der Waals surface area contributed by atoms with E-state index in [2.05, 4.69) is 27.7 Å². The Kier molecular flexibility index (Phi) is 8.59. The van der Waals surface area contributed by atoms with E-state index in [9.17, 15) is 14.7 Å². The number of likely N-dealkylation sites (tertiary alicyclic amines) is 1. The normalized spacial score (nSPS) is 19.3. The first-order valence-electron chi connectivity index (χ1n) is 9.05. The smallest absolute Gasteiger partial charge is 0.320 e. The Bertz CT molecular complexity index is 370. The first-order chi connectivity index (χ1) is 10.8. The highest BCUT2D eigenvalue weighted by molar-refractivity contribution is 5.80. The Morgan fingerprint density at radius 3 is 2.13 bits per heavy atom. The number of hydrogen-bond acceptors (Lipinski definition) is 3. The van der Waals surface area contributed by atoms with Gasteiger partial charge in [-0.1, -0.05) is 34.1 Å². The van der Waals surface area contributed by atoms with Crippen molar-refractivity contribution in [3.8, 4) is 0 Å². The van der Waals surface area contributed by atoms with Crippen molar-refractivity contribution in [3.63, 3.8) is 0 Å². The molecule has 0 aromatic heterocycles. The zero-order chi connectivity index (χ0) is 17.4. The van der Waals surface area contributed by atoms with Gasteiger partial charge in [-0.25, -0.2) is 0 Å². The molecule has 0 bridgehead atoms. The van der Waals surface area contributed by atoms with Crippen LogP contribution in [0.2, 0.25) is 0 Å². The van der Waals surface area contributed by atoms with E-state index >= 15 is 0 Å². The molecule has 1 heterocycles. The van der Waals surface area contributed by atoms with Gasteiger partial charge in [0.1, 0.15) is 6.04 Å². The lowest BCUT2D eigenvalue weighted by molar-refractivity contribution is -0.146. The average Bonchev–Trinajstić information content (AvgIpc) is 2.46. The monoisotopic (exact) mass is 326 g/mol. The maximum atomic E-state index is 12.7. The Balaban J connectivity index is 2.64. The van der Waals surface area contributed by atoms with Crippen LogP contribution < -0.4 is 0 Å². The van der Waals surface area contributed by atoms with E-state index in [-0.39, 0.29) is 12.5 Å². The first-order valence-corrected chi connectivity index (χ1v) is 9.05. The number of carboxylic acids is 1. The van der Waals surface area contributed by atoms with Crippen molar-refractivity contribution in [3.05, 3.63) is 0 Å². The SMILES string of the molecule is CC(C)CCN(CCC(C)C)C(=O)CN1CCCCC1C(=O)O. The lowest BCUT2D eigenvalue weighted by atomic mass is 10.0. The Morgan fingerprint density at radius 2 is 1.65 bits per heavy atom. The predicted molar refractivity (Wildman–Crippen MR) is 92.3 cm³/mol. The van der Waals surface area contributed by atoms with Crippen LogP contribution >= 0.6 is 0 Å². The highest BCUT2D eigenvalue weighted by Gasteiger charge is 2.30. The van der Waals surface area contributed by atoms with Gasteiger partial charge in [0.25, 0.3) is 0 Å². The molecule has 5 nitrogen and oxygen atoms in total. The van der Waals surface area contributed by atoms with Gasteiger partial charge in [0.05, 0.1) is 6.54 Å². The van der Waals surface area contributed by atoms with Gasteiger partial charge in [-0.3, -0.25) is 14.5 Å². The standard InChI is InChI=1S/C18H34N2O3/c1-14(2)8-11-19(12-9-15(3)4)17(21)13-20-10-6-5-7-16(20)18(22)23/h14-16H,5-13H2,1-4H3,(H,22,23). The molecule has 5 heteroatoms. The molecule has 1 atom stereocenters. The van der Waals surface area contributed by atoms with E-state index in [0.29, 0.717) is 24.8 Å². The van der Waals surface area contributed by atoms with Crippen LogP contribution in [-0.4, -0.2) is 59.0 Å². The van der Waals surface area contributed by atoms with Crippen LogP contribution in [0, 0.1) is 11.8 Å². The fourth-order valence-corrected chi connectivity index (χ4v) is 2.92. The maximum Gasteiger partial charge on any atom is 0.320 e. The van der Waals surface area contributed by atoms with Crippen LogP contribution in [0.15, 0.2) is 0 Å². The maximum absolute atomic E-state index is 12.7. The zero-order valence-corrected chi connectivity index (χ0v) is 15.3. The molecule has 1 N–H and O–H groups in total. The molecule has 0 aromatic carbocycles. The van der Waals surface area contributed by atoms with Gasteiger partial charge in [-0.05, 0) is 44.1 Å². The number of aliphatic carboxylic acids is 1. The van der Waals surface area contributed by atoms with Crippen LogP contribution in [0.1, 0.15) is 59.8 Å².